The summed E-state index contributed by atoms with van der Waals surface area (Å²) in [5.74, 6) is -0.244. The van der Waals surface area contributed by atoms with Gasteiger partial charge in [-0.15, -0.1) is 0 Å². The van der Waals surface area contributed by atoms with Gasteiger partial charge < -0.3 is 5.11 Å². The minimum absolute atomic E-state index is 0.196. The number of likely N-dealkylation sites (tertiary alicyclic amines) is 1. The minimum atomic E-state index is -0.654. The monoisotopic (exact) mass is 261 g/mol. The van der Waals surface area contributed by atoms with Crippen molar-refractivity contribution in [1.82, 2.24) is 4.90 Å². The second kappa shape index (κ2) is 6.20. The van der Waals surface area contributed by atoms with Crippen molar-refractivity contribution in [2.45, 2.75) is 32.7 Å². The van der Waals surface area contributed by atoms with Crippen molar-refractivity contribution in [2.75, 3.05) is 13.1 Å². The van der Waals surface area contributed by atoms with E-state index in [0.717, 1.165) is 19.4 Å². The van der Waals surface area contributed by atoms with Gasteiger partial charge in [0.15, 0.2) is 0 Å². The normalized spacial score (nSPS) is 21.7. The van der Waals surface area contributed by atoms with E-state index in [0.29, 0.717) is 18.5 Å². The summed E-state index contributed by atoms with van der Waals surface area (Å²) < 4.78 is 0. The quantitative estimate of drug-likeness (QED) is 0.885. The molecule has 2 atom stereocenters. The van der Waals surface area contributed by atoms with Crippen LogP contribution in [-0.4, -0.2) is 29.1 Å². The number of carboxylic acids is 1. The smallest absolute Gasteiger partial charge is 0.307 e. The Labute approximate surface area is 115 Å². The maximum atomic E-state index is 11.1. The van der Waals surface area contributed by atoms with Gasteiger partial charge in [-0.25, -0.2) is 0 Å². The lowest BCUT2D eigenvalue weighted by atomic mass is 9.96. The Hall–Kier alpha value is -1.35. The summed E-state index contributed by atoms with van der Waals surface area (Å²) in [4.78, 5) is 13.4. The molecule has 104 valence electrons. The Kier molecular flexibility index (Phi) is 4.59. The average Bonchev–Trinajstić information content (AvgIpc) is 2.86. The Morgan fingerprint density at radius 2 is 2.05 bits per heavy atom. The Morgan fingerprint density at radius 1 is 1.37 bits per heavy atom. The van der Waals surface area contributed by atoms with E-state index in [1.807, 2.05) is 6.07 Å². The van der Waals surface area contributed by atoms with Crippen LogP contribution in [0.5, 0.6) is 0 Å². The second-order valence-electron chi connectivity index (χ2n) is 5.87. The second-order valence-corrected chi connectivity index (χ2v) is 5.87. The largest absolute Gasteiger partial charge is 0.481 e. The van der Waals surface area contributed by atoms with E-state index in [9.17, 15) is 4.79 Å². The van der Waals surface area contributed by atoms with E-state index in [4.69, 9.17) is 5.11 Å². The summed E-state index contributed by atoms with van der Waals surface area (Å²) in [6.45, 7) is 6.02. The first-order chi connectivity index (χ1) is 9.08. The van der Waals surface area contributed by atoms with Crippen LogP contribution >= 0.6 is 0 Å². The number of benzene rings is 1. The lowest BCUT2D eigenvalue weighted by Crippen LogP contribution is -2.29. The summed E-state index contributed by atoms with van der Waals surface area (Å²) in [6, 6.07) is 10.8. The van der Waals surface area contributed by atoms with Crippen LogP contribution in [0, 0.1) is 11.8 Å². The fourth-order valence-corrected chi connectivity index (χ4v) is 2.89. The molecular formula is C16H23NO2. The summed E-state index contributed by atoms with van der Waals surface area (Å²) in [6.07, 6.45) is 1.85. The third-order valence-corrected chi connectivity index (χ3v) is 3.89. The number of aliphatic carboxylic acids is 1. The average molecular weight is 261 g/mol. The van der Waals surface area contributed by atoms with E-state index in [1.165, 1.54) is 5.56 Å². The van der Waals surface area contributed by atoms with Gasteiger partial charge >= 0.3 is 5.97 Å². The van der Waals surface area contributed by atoms with Gasteiger partial charge in [0.05, 0.1) is 5.92 Å². The van der Waals surface area contributed by atoms with Gasteiger partial charge in [0.2, 0.25) is 0 Å². The Balaban J connectivity index is 2.13. The number of hydrogen-bond donors (Lipinski definition) is 1. The third kappa shape index (κ3) is 3.57. The van der Waals surface area contributed by atoms with Crippen LogP contribution in [0.15, 0.2) is 30.3 Å². The molecule has 0 aliphatic carbocycles. The fourth-order valence-electron chi connectivity index (χ4n) is 2.89. The molecule has 19 heavy (non-hydrogen) atoms. The molecule has 0 radical (unpaired) electrons. The number of carbonyl (C=O) groups is 1. The lowest BCUT2D eigenvalue weighted by molar-refractivity contribution is -0.141. The number of rotatable bonds is 5. The molecule has 3 heteroatoms. The molecular weight excluding hydrogens is 238 g/mol. The van der Waals surface area contributed by atoms with Crippen LogP contribution in [0.25, 0.3) is 0 Å². The molecule has 0 bridgehead atoms. The Morgan fingerprint density at radius 3 is 2.58 bits per heavy atom. The first-order valence-electron chi connectivity index (χ1n) is 7.09. The van der Waals surface area contributed by atoms with Crippen molar-refractivity contribution in [2.24, 2.45) is 11.8 Å². The van der Waals surface area contributed by atoms with Crippen LogP contribution in [0.2, 0.25) is 0 Å². The SMILES string of the molecule is CC(C)CC(c1ccccc1)N1CCC(C(=O)O)C1. The minimum Gasteiger partial charge on any atom is -0.481 e. The zero-order valence-electron chi connectivity index (χ0n) is 11.7. The molecule has 0 aromatic heterocycles. The highest BCUT2D eigenvalue weighted by Gasteiger charge is 2.32. The van der Waals surface area contributed by atoms with Crippen molar-refractivity contribution in [1.29, 1.82) is 0 Å². The van der Waals surface area contributed by atoms with Crippen LogP contribution in [-0.2, 0) is 4.79 Å². The summed E-state index contributed by atoms with van der Waals surface area (Å²) >= 11 is 0. The molecule has 2 rings (SSSR count). The topological polar surface area (TPSA) is 40.5 Å². The van der Waals surface area contributed by atoms with Gasteiger partial charge in [-0.1, -0.05) is 44.2 Å². The van der Waals surface area contributed by atoms with Gasteiger partial charge in [-0.2, -0.15) is 0 Å². The highest BCUT2D eigenvalue weighted by Crippen LogP contribution is 2.32. The van der Waals surface area contributed by atoms with Crippen molar-refractivity contribution < 1.29 is 9.90 Å². The van der Waals surface area contributed by atoms with E-state index in [-0.39, 0.29) is 5.92 Å². The summed E-state index contributed by atoms with van der Waals surface area (Å²) in [7, 11) is 0. The molecule has 1 aromatic carbocycles. The van der Waals surface area contributed by atoms with E-state index in [2.05, 4.69) is 43.0 Å². The first-order valence-corrected chi connectivity index (χ1v) is 7.09. The molecule has 2 unspecified atom stereocenters. The molecule has 1 fully saturated rings. The molecule has 1 aromatic rings. The van der Waals surface area contributed by atoms with Gasteiger partial charge in [0.25, 0.3) is 0 Å². The van der Waals surface area contributed by atoms with E-state index >= 15 is 0 Å². The molecule has 1 aliphatic heterocycles. The van der Waals surface area contributed by atoms with Crippen molar-refractivity contribution in [3.05, 3.63) is 35.9 Å². The first kappa shape index (κ1) is 14.1. The van der Waals surface area contributed by atoms with E-state index in [1.54, 1.807) is 0 Å². The fraction of sp³-hybridized carbons (Fsp3) is 0.562. The number of carboxylic acid groups (broad SMARTS) is 1. The van der Waals surface area contributed by atoms with Crippen molar-refractivity contribution >= 4 is 5.97 Å². The maximum absolute atomic E-state index is 11.1. The van der Waals surface area contributed by atoms with Gasteiger partial charge in [0, 0.05) is 12.6 Å². The van der Waals surface area contributed by atoms with Crippen molar-refractivity contribution in [3.8, 4) is 0 Å². The zero-order chi connectivity index (χ0) is 13.8. The lowest BCUT2D eigenvalue weighted by Gasteiger charge is -2.29. The van der Waals surface area contributed by atoms with Crippen molar-refractivity contribution in [3.63, 3.8) is 0 Å². The van der Waals surface area contributed by atoms with Crippen LogP contribution in [0.1, 0.15) is 38.3 Å². The van der Waals surface area contributed by atoms with Crippen LogP contribution in [0.4, 0.5) is 0 Å². The molecule has 0 amide bonds. The standard InChI is InChI=1S/C16H23NO2/c1-12(2)10-15(13-6-4-3-5-7-13)17-9-8-14(11-17)16(18)19/h3-7,12,14-15H,8-11H2,1-2H3,(H,18,19). The Bertz CT molecular complexity index is 416. The number of hydrogen-bond acceptors (Lipinski definition) is 2. The zero-order valence-corrected chi connectivity index (χ0v) is 11.7. The maximum Gasteiger partial charge on any atom is 0.307 e. The predicted molar refractivity (Wildman–Crippen MR) is 76.0 cm³/mol. The van der Waals surface area contributed by atoms with Gasteiger partial charge in [-0.3, -0.25) is 9.69 Å². The molecule has 1 N–H and O–H groups in total. The molecule has 1 aliphatic rings. The predicted octanol–water partition coefficient (Wildman–Crippen LogP) is 3.18. The molecule has 1 saturated heterocycles. The van der Waals surface area contributed by atoms with Gasteiger partial charge in [-0.05, 0) is 30.9 Å². The highest BCUT2D eigenvalue weighted by atomic mass is 16.4. The molecule has 1 heterocycles. The molecule has 0 spiro atoms. The molecule has 0 saturated carbocycles. The molecule has 3 nitrogen and oxygen atoms in total. The van der Waals surface area contributed by atoms with E-state index < -0.39 is 5.97 Å². The van der Waals surface area contributed by atoms with Crippen LogP contribution in [0.3, 0.4) is 0 Å². The van der Waals surface area contributed by atoms with Gasteiger partial charge in [0.1, 0.15) is 0 Å². The highest BCUT2D eigenvalue weighted by molar-refractivity contribution is 5.70. The summed E-state index contributed by atoms with van der Waals surface area (Å²) in [5.41, 5.74) is 1.31. The third-order valence-electron chi connectivity index (χ3n) is 3.89. The number of nitrogens with zero attached hydrogens (tertiary/aromatic N) is 1. The van der Waals surface area contributed by atoms with Crippen LogP contribution < -0.4 is 0 Å². The summed E-state index contributed by atoms with van der Waals surface area (Å²) in [5, 5.41) is 9.14.